The highest BCUT2D eigenvalue weighted by Crippen LogP contribution is 2.04. The molecule has 2 fully saturated rings. The molecule has 2 saturated heterocycles. The second kappa shape index (κ2) is 3.49. The summed E-state index contributed by atoms with van der Waals surface area (Å²) in [5.74, 6) is 0. The second-order valence-electron chi connectivity index (χ2n) is 3.00. The molecule has 0 N–H and O–H groups in total. The Bertz CT molecular complexity index is 106. The lowest BCUT2D eigenvalue weighted by atomic mass is 10.6. The predicted molar refractivity (Wildman–Crippen MR) is 39.9 cm³/mol. The van der Waals surface area contributed by atoms with Gasteiger partial charge in [-0.15, -0.1) is 0 Å². The van der Waals surface area contributed by atoms with Gasteiger partial charge in [-0.05, 0) is 0 Å². The molecule has 2 rings (SSSR count). The number of nitrogens with zero attached hydrogens (tertiary/aromatic N) is 2. The van der Waals surface area contributed by atoms with Crippen molar-refractivity contribution in [3.05, 3.63) is 0 Å². The van der Waals surface area contributed by atoms with Crippen LogP contribution in [0.1, 0.15) is 0 Å². The first-order valence-electron chi connectivity index (χ1n) is 4.05. The largest absolute Gasteiger partial charge is 0.365 e. The van der Waals surface area contributed by atoms with Crippen molar-refractivity contribution in [2.45, 2.75) is 0 Å². The van der Waals surface area contributed by atoms with Crippen LogP contribution in [-0.4, -0.2) is 56.2 Å². The van der Waals surface area contributed by atoms with Gasteiger partial charge < -0.3 is 9.47 Å². The van der Waals surface area contributed by atoms with Crippen LogP contribution in [0.4, 0.5) is 0 Å². The van der Waals surface area contributed by atoms with Crippen molar-refractivity contribution in [2.24, 2.45) is 0 Å². The van der Waals surface area contributed by atoms with E-state index in [1.54, 1.807) is 0 Å². The van der Waals surface area contributed by atoms with Gasteiger partial charge in [0.1, 0.15) is 13.5 Å². The van der Waals surface area contributed by atoms with Crippen molar-refractivity contribution in [1.29, 1.82) is 0 Å². The molecule has 0 amide bonds. The van der Waals surface area contributed by atoms with E-state index in [-0.39, 0.29) is 0 Å². The van der Waals surface area contributed by atoms with E-state index in [2.05, 4.69) is 9.80 Å². The maximum Gasteiger partial charge on any atom is 0.100 e. The summed E-state index contributed by atoms with van der Waals surface area (Å²) >= 11 is 0. The van der Waals surface area contributed by atoms with Gasteiger partial charge in [-0.3, -0.25) is 9.80 Å². The zero-order chi connectivity index (χ0) is 7.52. The molecule has 0 aromatic heterocycles. The lowest BCUT2D eigenvalue weighted by Gasteiger charge is -2.19. The first-order chi connectivity index (χ1) is 5.45. The molecule has 2 aliphatic heterocycles. The molecule has 0 spiro atoms. The Hall–Kier alpha value is -0.160. The van der Waals surface area contributed by atoms with Crippen LogP contribution >= 0.6 is 0 Å². The molecule has 0 radical (unpaired) electrons. The molecule has 2 aliphatic rings. The summed E-state index contributed by atoms with van der Waals surface area (Å²) in [7, 11) is 0. The Morgan fingerprint density at radius 1 is 0.818 bits per heavy atom. The fourth-order valence-electron chi connectivity index (χ4n) is 1.41. The molecule has 2 unspecified atom stereocenters. The molecular weight excluding hydrogens is 144 g/mol. The fourth-order valence-corrected chi connectivity index (χ4v) is 1.41. The maximum absolute atomic E-state index is 5.39. The zero-order valence-electron chi connectivity index (χ0n) is 6.66. The SMILES string of the molecule is C1CN2COCCN(CO1)C2. The molecule has 2 heterocycles. The van der Waals surface area contributed by atoms with Gasteiger partial charge in [0.05, 0.1) is 19.9 Å². The third kappa shape index (κ3) is 1.90. The van der Waals surface area contributed by atoms with E-state index in [1.807, 2.05) is 0 Å². The summed E-state index contributed by atoms with van der Waals surface area (Å²) in [6.45, 7) is 6.19. The second-order valence-corrected chi connectivity index (χ2v) is 3.00. The number of hydrogen-bond acceptors (Lipinski definition) is 4. The van der Waals surface area contributed by atoms with E-state index in [0.717, 1.165) is 46.4 Å². The molecule has 11 heavy (non-hydrogen) atoms. The van der Waals surface area contributed by atoms with Gasteiger partial charge in [0.2, 0.25) is 0 Å². The van der Waals surface area contributed by atoms with Gasteiger partial charge >= 0.3 is 0 Å². The summed E-state index contributed by atoms with van der Waals surface area (Å²) in [6, 6.07) is 0. The standard InChI is InChI=1S/C7H14N2O2/c1-3-10-7-9-2-4-11-6-8(1)5-9/h1-7H2. The normalized spacial score (nSPS) is 39.3. The minimum Gasteiger partial charge on any atom is -0.365 e. The highest BCUT2D eigenvalue weighted by atomic mass is 16.5. The van der Waals surface area contributed by atoms with Crippen LogP contribution in [0.3, 0.4) is 0 Å². The smallest absolute Gasteiger partial charge is 0.100 e. The minimum absolute atomic E-state index is 0.764. The average molecular weight is 158 g/mol. The van der Waals surface area contributed by atoms with E-state index >= 15 is 0 Å². The number of fused-ring (bicyclic) bond motifs is 2. The van der Waals surface area contributed by atoms with Crippen molar-refractivity contribution in [1.82, 2.24) is 9.80 Å². The van der Waals surface area contributed by atoms with E-state index < -0.39 is 0 Å². The Labute approximate surface area is 66.7 Å². The average Bonchev–Trinajstić information content (AvgIpc) is 2.36. The molecule has 2 bridgehead atoms. The van der Waals surface area contributed by atoms with Gasteiger partial charge in [0.25, 0.3) is 0 Å². The fraction of sp³-hybridized carbons (Fsp3) is 1.00. The van der Waals surface area contributed by atoms with Crippen LogP contribution < -0.4 is 0 Å². The van der Waals surface area contributed by atoms with Crippen molar-refractivity contribution in [3.8, 4) is 0 Å². The summed E-state index contributed by atoms with van der Waals surface area (Å²) in [5, 5.41) is 0. The van der Waals surface area contributed by atoms with Gasteiger partial charge in [-0.2, -0.15) is 0 Å². The highest BCUT2D eigenvalue weighted by molar-refractivity contribution is 4.62. The third-order valence-electron chi connectivity index (χ3n) is 2.05. The molecule has 0 aromatic carbocycles. The number of ether oxygens (including phenoxy) is 2. The van der Waals surface area contributed by atoms with Crippen molar-refractivity contribution < 1.29 is 9.47 Å². The quantitative estimate of drug-likeness (QED) is 0.475. The molecule has 0 aromatic rings. The Kier molecular flexibility index (Phi) is 2.38. The summed E-state index contributed by atoms with van der Waals surface area (Å²) in [5.41, 5.74) is 0. The Morgan fingerprint density at radius 2 is 1.36 bits per heavy atom. The lowest BCUT2D eigenvalue weighted by molar-refractivity contribution is 0.0278. The van der Waals surface area contributed by atoms with E-state index in [9.17, 15) is 0 Å². The van der Waals surface area contributed by atoms with Gasteiger partial charge in [-0.1, -0.05) is 0 Å². The highest BCUT2D eigenvalue weighted by Gasteiger charge is 2.18. The van der Waals surface area contributed by atoms with E-state index in [1.165, 1.54) is 0 Å². The van der Waals surface area contributed by atoms with Gasteiger partial charge in [-0.25, -0.2) is 0 Å². The van der Waals surface area contributed by atoms with Crippen LogP contribution in [0.25, 0.3) is 0 Å². The number of rotatable bonds is 0. The molecule has 0 saturated carbocycles. The molecular formula is C7H14N2O2. The minimum atomic E-state index is 0.764. The maximum atomic E-state index is 5.39. The zero-order valence-corrected chi connectivity index (χ0v) is 6.66. The van der Waals surface area contributed by atoms with Gasteiger partial charge in [0.15, 0.2) is 0 Å². The predicted octanol–water partition coefficient (Wildman–Crippen LogP) is -0.477. The Balaban J connectivity index is 1.96. The monoisotopic (exact) mass is 158 g/mol. The van der Waals surface area contributed by atoms with Gasteiger partial charge in [0, 0.05) is 13.1 Å². The first kappa shape index (κ1) is 7.49. The Morgan fingerprint density at radius 3 is 1.91 bits per heavy atom. The summed E-state index contributed by atoms with van der Waals surface area (Å²) in [4.78, 5) is 4.53. The van der Waals surface area contributed by atoms with E-state index in [4.69, 9.17) is 9.47 Å². The summed E-state index contributed by atoms with van der Waals surface area (Å²) < 4.78 is 10.8. The van der Waals surface area contributed by atoms with Crippen LogP contribution in [0.15, 0.2) is 0 Å². The first-order valence-corrected chi connectivity index (χ1v) is 4.05. The number of hydrogen-bond donors (Lipinski definition) is 0. The van der Waals surface area contributed by atoms with Crippen LogP contribution in [0.2, 0.25) is 0 Å². The van der Waals surface area contributed by atoms with Crippen LogP contribution in [0.5, 0.6) is 0 Å². The van der Waals surface area contributed by atoms with E-state index in [0.29, 0.717) is 0 Å². The van der Waals surface area contributed by atoms with Crippen LogP contribution in [0, 0.1) is 0 Å². The summed E-state index contributed by atoms with van der Waals surface area (Å²) in [6.07, 6.45) is 0. The van der Waals surface area contributed by atoms with Crippen LogP contribution in [-0.2, 0) is 9.47 Å². The van der Waals surface area contributed by atoms with Crippen molar-refractivity contribution >= 4 is 0 Å². The molecule has 0 aliphatic carbocycles. The molecule has 2 atom stereocenters. The van der Waals surface area contributed by atoms with Crippen molar-refractivity contribution in [3.63, 3.8) is 0 Å². The molecule has 64 valence electrons. The molecule has 4 nitrogen and oxygen atoms in total. The lowest BCUT2D eigenvalue weighted by Crippen LogP contribution is -2.34. The topological polar surface area (TPSA) is 24.9 Å². The molecule has 4 heteroatoms. The third-order valence-corrected chi connectivity index (χ3v) is 2.05. The van der Waals surface area contributed by atoms with Crippen molar-refractivity contribution in [2.75, 3.05) is 46.4 Å².